The number of hydrogen-bond donors (Lipinski definition) is 1. The number of aliphatic hydroxyl groups is 1. The summed E-state index contributed by atoms with van der Waals surface area (Å²) in [7, 11) is -1.39. The lowest BCUT2D eigenvalue weighted by Gasteiger charge is -2.42. The third-order valence-electron chi connectivity index (χ3n) is 5.53. The Morgan fingerprint density at radius 3 is 2.48 bits per heavy atom. The SMILES string of the molecule is Cc1ccc(S(=O)C2=C[C@@H](CO)O[C@H](OCc3ccccc3)C2N2CCOCC2)cc1. The minimum absolute atomic E-state index is 0.199. The Bertz CT molecular complexity index is 896. The average Bonchev–Trinajstić information content (AvgIpc) is 2.83. The van der Waals surface area contributed by atoms with Gasteiger partial charge in [-0.15, -0.1) is 0 Å². The van der Waals surface area contributed by atoms with Crippen molar-refractivity contribution in [2.24, 2.45) is 0 Å². The average molecular weight is 444 g/mol. The molecule has 0 aromatic heterocycles. The molecule has 2 unspecified atom stereocenters. The predicted molar refractivity (Wildman–Crippen MR) is 119 cm³/mol. The Morgan fingerprint density at radius 1 is 1.10 bits per heavy atom. The van der Waals surface area contributed by atoms with Gasteiger partial charge in [-0.25, -0.2) is 4.21 Å². The van der Waals surface area contributed by atoms with Crippen LogP contribution in [0.15, 0.2) is 70.5 Å². The van der Waals surface area contributed by atoms with Crippen LogP contribution >= 0.6 is 0 Å². The van der Waals surface area contributed by atoms with E-state index in [0.717, 1.165) is 16.0 Å². The van der Waals surface area contributed by atoms with Crippen LogP contribution in [0.4, 0.5) is 0 Å². The summed E-state index contributed by atoms with van der Waals surface area (Å²) in [6.45, 7) is 4.79. The maximum Gasteiger partial charge on any atom is 0.179 e. The van der Waals surface area contributed by atoms with Crippen LogP contribution in [-0.4, -0.2) is 65.6 Å². The smallest absolute Gasteiger partial charge is 0.179 e. The summed E-state index contributed by atoms with van der Waals surface area (Å²) >= 11 is 0. The van der Waals surface area contributed by atoms with E-state index in [1.807, 2.05) is 61.5 Å². The molecule has 2 aromatic rings. The first kappa shape index (κ1) is 22.3. The summed E-state index contributed by atoms with van der Waals surface area (Å²) in [6, 6.07) is 17.3. The van der Waals surface area contributed by atoms with Gasteiger partial charge in [0.2, 0.25) is 0 Å². The number of hydrogen-bond acceptors (Lipinski definition) is 6. The zero-order valence-corrected chi connectivity index (χ0v) is 18.5. The van der Waals surface area contributed by atoms with E-state index in [-0.39, 0.29) is 12.6 Å². The van der Waals surface area contributed by atoms with E-state index in [0.29, 0.717) is 37.8 Å². The van der Waals surface area contributed by atoms with Crippen LogP contribution in [0.3, 0.4) is 0 Å². The van der Waals surface area contributed by atoms with E-state index in [9.17, 15) is 9.32 Å². The zero-order chi connectivity index (χ0) is 21.6. The highest BCUT2D eigenvalue weighted by atomic mass is 32.2. The molecule has 0 radical (unpaired) electrons. The first-order valence-electron chi connectivity index (χ1n) is 10.6. The number of aryl methyl sites for hydroxylation is 1. The minimum Gasteiger partial charge on any atom is -0.393 e. The minimum atomic E-state index is -1.39. The quantitative estimate of drug-likeness (QED) is 0.710. The maximum atomic E-state index is 13.6. The van der Waals surface area contributed by atoms with Gasteiger partial charge in [-0.2, -0.15) is 0 Å². The molecule has 0 saturated carbocycles. The Morgan fingerprint density at radius 2 is 1.81 bits per heavy atom. The van der Waals surface area contributed by atoms with Crippen molar-refractivity contribution in [3.05, 3.63) is 76.7 Å². The number of nitrogens with zero attached hydrogens (tertiary/aromatic N) is 1. The lowest BCUT2D eigenvalue weighted by molar-refractivity contribution is -0.208. The highest BCUT2D eigenvalue weighted by molar-refractivity contribution is 7.89. The van der Waals surface area contributed by atoms with E-state index in [1.54, 1.807) is 6.08 Å². The lowest BCUT2D eigenvalue weighted by Crippen LogP contribution is -2.55. The molecule has 7 heteroatoms. The predicted octanol–water partition coefficient (Wildman–Crippen LogP) is 2.62. The van der Waals surface area contributed by atoms with E-state index in [2.05, 4.69) is 4.90 Å². The Hall–Kier alpha value is -1.87. The summed E-state index contributed by atoms with van der Waals surface area (Å²) < 4.78 is 31.5. The molecule has 31 heavy (non-hydrogen) atoms. The van der Waals surface area contributed by atoms with Crippen molar-refractivity contribution < 1.29 is 23.5 Å². The third kappa shape index (κ3) is 5.49. The van der Waals surface area contributed by atoms with Crippen molar-refractivity contribution in [1.29, 1.82) is 0 Å². The van der Waals surface area contributed by atoms with Crippen molar-refractivity contribution in [3.63, 3.8) is 0 Å². The molecule has 1 fully saturated rings. The normalized spacial score (nSPS) is 25.7. The molecule has 2 aliphatic rings. The molecule has 1 saturated heterocycles. The van der Waals surface area contributed by atoms with Gasteiger partial charge in [0.25, 0.3) is 0 Å². The number of benzene rings is 2. The first-order chi connectivity index (χ1) is 15.2. The fourth-order valence-electron chi connectivity index (χ4n) is 3.86. The molecule has 166 valence electrons. The van der Waals surface area contributed by atoms with Gasteiger partial charge in [-0.05, 0) is 30.7 Å². The second-order valence-corrected chi connectivity index (χ2v) is 9.25. The molecular formula is C24H29NO5S. The Balaban J connectivity index is 1.64. The number of morpholine rings is 1. The molecule has 2 aliphatic heterocycles. The highest BCUT2D eigenvalue weighted by Crippen LogP contribution is 2.31. The first-order valence-corrected chi connectivity index (χ1v) is 11.7. The Labute approximate surface area is 185 Å². The summed E-state index contributed by atoms with van der Waals surface area (Å²) in [5, 5.41) is 9.84. The fraction of sp³-hybridized carbons (Fsp3) is 0.417. The number of rotatable bonds is 7. The van der Waals surface area contributed by atoms with Gasteiger partial charge in [-0.3, -0.25) is 4.90 Å². The highest BCUT2D eigenvalue weighted by Gasteiger charge is 2.40. The Kier molecular flexibility index (Phi) is 7.66. The molecule has 4 atom stereocenters. The van der Waals surface area contributed by atoms with Gasteiger partial charge >= 0.3 is 0 Å². The van der Waals surface area contributed by atoms with Gasteiger partial charge < -0.3 is 19.3 Å². The number of aliphatic hydroxyl groups excluding tert-OH is 1. The van der Waals surface area contributed by atoms with Crippen molar-refractivity contribution in [3.8, 4) is 0 Å². The summed E-state index contributed by atoms with van der Waals surface area (Å²) in [5.41, 5.74) is 2.15. The van der Waals surface area contributed by atoms with Crippen LogP contribution < -0.4 is 0 Å². The largest absolute Gasteiger partial charge is 0.393 e. The maximum absolute atomic E-state index is 13.6. The standard InChI is InChI=1S/C24H29NO5S/c1-18-7-9-21(10-8-18)31(27)22-15-20(16-26)30-24(23(22)25-11-13-28-14-12-25)29-17-19-5-3-2-4-6-19/h2-10,15,20,23-24,26H,11-14,16-17H2,1H3/t20-,23?,24-,31?/m0/s1. The van der Waals surface area contributed by atoms with Crippen molar-refractivity contribution in [2.45, 2.75) is 36.9 Å². The van der Waals surface area contributed by atoms with Gasteiger partial charge in [0.15, 0.2) is 6.29 Å². The molecule has 1 N–H and O–H groups in total. The van der Waals surface area contributed by atoms with E-state index < -0.39 is 23.2 Å². The monoisotopic (exact) mass is 443 g/mol. The number of ether oxygens (including phenoxy) is 3. The second-order valence-electron chi connectivity index (χ2n) is 7.77. The molecule has 0 aliphatic carbocycles. The van der Waals surface area contributed by atoms with Crippen LogP contribution in [0.1, 0.15) is 11.1 Å². The summed E-state index contributed by atoms with van der Waals surface area (Å²) in [5.74, 6) is 0. The second kappa shape index (κ2) is 10.6. The molecule has 0 amide bonds. The van der Waals surface area contributed by atoms with Crippen LogP contribution in [0.2, 0.25) is 0 Å². The van der Waals surface area contributed by atoms with Crippen LogP contribution in [-0.2, 0) is 31.6 Å². The molecule has 6 nitrogen and oxygen atoms in total. The van der Waals surface area contributed by atoms with Crippen LogP contribution in [0.25, 0.3) is 0 Å². The van der Waals surface area contributed by atoms with Crippen molar-refractivity contribution >= 4 is 10.8 Å². The van der Waals surface area contributed by atoms with E-state index in [4.69, 9.17) is 14.2 Å². The van der Waals surface area contributed by atoms with E-state index in [1.165, 1.54) is 0 Å². The van der Waals surface area contributed by atoms with Crippen molar-refractivity contribution in [2.75, 3.05) is 32.9 Å². The van der Waals surface area contributed by atoms with E-state index >= 15 is 0 Å². The van der Waals surface area contributed by atoms with Crippen molar-refractivity contribution in [1.82, 2.24) is 4.90 Å². The fourth-order valence-corrected chi connectivity index (χ4v) is 5.27. The van der Waals surface area contributed by atoms with Gasteiger partial charge in [0.05, 0.1) is 43.3 Å². The van der Waals surface area contributed by atoms with Gasteiger partial charge in [0, 0.05) is 22.9 Å². The summed E-state index contributed by atoms with van der Waals surface area (Å²) in [6.07, 6.45) is 0.589. The zero-order valence-electron chi connectivity index (χ0n) is 17.7. The lowest BCUT2D eigenvalue weighted by atomic mass is 10.1. The molecule has 2 aromatic carbocycles. The molecule has 0 bridgehead atoms. The molecule has 4 rings (SSSR count). The van der Waals surface area contributed by atoms with Crippen LogP contribution in [0.5, 0.6) is 0 Å². The molecule has 2 heterocycles. The van der Waals surface area contributed by atoms with Crippen LogP contribution in [0, 0.1) is 6.92 Å². The summed E-state index contributed by atoms with van der Waals surface area (Å²) in [4.78, 5) is 3.66. The third-order valence-corrected chi connectivity index (χ3v) is 7.04. The van der Waals surface area contributed by atoms with Gasteiger partial charge in [-0.1, -0.05) is 48.0 Å². The van der Waals surface area contributed by atoms with Gasteiger partial charge in [0.1, 0.15) is 6.10 Å². The topological polar surface area (TPSA) is 68.2 Å². The molecular weight excluding hydrogens is 414 g/mol. The molecule has 0 spiro atoms.